The van der Waals surface area contributed by atoms with Gasteiger partial charge in [-0.1, -0.05) is 18.2 Å². The van der Waals surface area contributed by atoms with Crippen LogP contribution in [0.5, 0.6) is 0 Å². The van der Waals surface area contributed by atoms with Crippen molar-refractivity contribution in [2.75, 3.05) is 39.3 Å². The molecule has 4 heterocycles. The van der Waals surface area contributed by atoms with Gasteiger partial charge in [0.1, 0.15) is 5.60 Å². The summed E-state index contributed by atoms with van der Waals surface area (Å²) in [5.74, 6) is 0.0966. The van der Waals surface area contributed by atoms with E-state index in [-0.39, 0.29) is 23.8 Å². The molecule has 0 atom stereocenters. The van der Waals surface area contributed by atoms with Crippen LogP contribution < -0.4 is 0 Å². The van der Waals surface area contributed by atoms with Crippen molar-refractivity contribution < 1.29 is 23.5 Å². The Kier molecular flexibility index (Phi) is 7.45. The highest BCUT2D eigenvalue weighted by molar-refractivity contribution is 5.96. The van der Waals surface area contributed by atoms with Gasteiger partial charge in [0.15, 0.2) is 5.76 Å². The van der Waals surface area contributed by atoms with Crippen LogP contribution in [0.15, 0.2) is 59.3 Å². The molecule has 2 aliphatic heterocycles. The largest absolute Gasteiger partial charge is 0.459 e. The first-order chi connectivity index (χ1) is 18.7. The summed E-state index contributed by atoms with van der Waals surface area (Å²) in [6.07, 6.45) is 4.23. The molecule has 2 fully saturated rings. The predicted octanol–water partition coefficient (Wildman–Crippen LogP) is 4.18. The second-order valence-corrected chi connectivity index (χ2v) is 11.0. The molecule has 0 aliphatic carbocycles. The third kappa shape index (κ3) is 5.84. The van der Waals surface area contributed by atoms with Crippen LogP contribution in [0.3, 0.4) is 0 Å². The van der Waals surface area contributed by atoms with Crippen molar-refractivity contribution in [3.63, 3.8) is 0 Å². The number of benzene rings is 1. The Morgan fingerprint density at radius 3 is 2.08 bits per heavy atom. The zero-order valence-electron chi connectivity index (χ0n) is 22.7. The summed E-state index contributed by atoms with van der Waals surface area (Å²) in [5.41, 5.74) is 1.77. The average Bonchev–Trinajstić information content (AvgIpc) is 3.63. The van der Waals surface area contributed by atoms with Gasteiger partial charge in [0.2, 0.25) is 0 Å². The molecule has 206 valence electrons. The molecule has 10 nitrogen and oxygen atoms in total. The van der Waals surface area contributed by atoms with E-state index in [1.54, 1.807) is 33.0 Å². The molecule has 5 rings (SSSR count). The van der Waals surface area contributed by atoms with Gasteiger partial charge in [0, 0.05) is 45.2 Å². The van der Waals surface area contributed by atoms with Crippen LogP contribution in [0, 0.1) is 0 Å². The number of piperazine rings is 1. The highest BCUT2D eigenvalue weighted by Gasteiger charge is 2.34. The third-order valence-corrected chi connectivity index (χ3v) is 7.16. The molecule has 3 aromatic rings. The molecule has 3 amide bonds. The number of carbonyl (C=O) groups excluding carboxylic acids is 3. The van der Waals surface area contributed by atoms with Gasteiger partial charge in [-0.05, 0) is 57.9 Å². The number of nitrogens with zero attached hydrogens (tertiary/aromatic N) is 5. The molecule has 0 N–H and O–H groups in total. The number of hydrogen-bond acceptors (Lipinski definition) is 6. The van der Waals surface area contributed by atoms with E-state index in [0.717, 1.165) is 11.4 Å². The van der Waals surface area contributed by atoms with Crippen LogP contribution in [0.2, 0.25) is 0 Å². The molecule has 2 saturated heterocycles. The van der Waals surface area contributed by atoms with E-state index in [1.165, 1.54) is 6.26 Å². The maximum atomic E-state index is 13.8. The number of rotatable bonds is 4. The first-order valence-electron chi connectivity index (χ1n) is 13.4. The van der Waals surface area contributed by atoms with Crippen molar-refractivity contribution >= 4 is 17.9 Å². The van der Waals surface area contributed by atoms with Gasteiger partial charge < -0.3 is 23.9 Å². The summed E-state index contributed by atoms with van der Waals surface area (Å²) in [6.45, 7) is 8.39. The second kappa shape index (κ2) is 11.0. The Morgan fingerprint density at radius 1 is 0.846 bits per heavy atom. The van der Waals surface area contributed by atoms with Gasteiger partial charge in [-0.2, -0.15) is 5.10 Å². The smallest absolute Gasteiger partial charge is 0.410 e. The molecule has 0 saturated carbocycles. The Balaban J connectivity index is 1.33. The quantitative estimate of drug-likeness (QED) is 0.499. The normalized spacial score (nSPS) is 16.8. The highest BCUT2D eigenvalue weighted by atomic mass is 16.6. The second-order valence-electron chi connectivity index (χ2n) is 11.0. The number of para-hydroxylation sites is 1. The Morgan fingerprint density at radius 2 is 1.49 bits per heavy atom. The van der Waals surface area contributed by atoms with E-state index in [2.05, 4.69) is 5.10 Å². The number of aromatic nitrogens is 2. The highest BCUT2D eigenvalue weighted by Crippen LogP contribution is 2.33. The minimum atomic E-state index is -0.550. The molecule has 0 radical (unpaired) electrons. The lowest BCUT2D eigenvalue weighted by atomic mass is 9.90. The number of amides is 3. The van der Waals surface area contributed by atoms with E-state index in [9.17, 15) is 14.4 Å². The molecular formula is C29H35N5O5. The minimum absolute atomic E-state index is 0.0483. The van der Waals surface area contributed by atoms with Crippen LogP contribution in [-0.4, -0.2) is 87.3 Å². The molecule has 10 heteroatoms. The van der Waals surface area contributed by atoms with E-state index in [1.807, 2.05) is 55.8 Å². The number of carbonyl (C=O) groups is 3. The van der Waals surface area contributed by atoms with Crippen molar-refractivity contribution in [3.8, 4) is 5.69 Å². The molecule has 0 bridgehead atoms. The third-order valence-electron chi connectivity index (χ3n) is 7.16. The zero-order valence-corrected chi connectivity index (χ0v) is 22.7. The first-order valence-corrected chi connectivity index (χ1v) is 13.4. The number of hydrogen-bond donors (Lipinski definition) is 0. The fourth-order valence-electron chi connectivity index (χ4n) is 5.19. The van der Waals surface area contributed by atoms with Crippen LogP contribution in [0.4, 0.5) is 4.79 Å². The zero-order chi connectivity index (χ0) is 27.6. The topological polar surface area (TPSA) is 101 Å². The lowest BCUT2D eigenvalue weighted by Gasteiger charge is -2.35. The number of ether oxygens (including phenoxy) is 1. The number of likely N-dealkylation sites (tertiary alicyclic amines) is 1. The number of furan rings is 1. The SMILES string of the molecule is CC(C)(C)OC(=O)N1CCC(c2c(C(=O)N3CCN(C(=O)c4ccco4)CC3)cnn2-c2ccccc2)CC1. The standard InChI is InChI=1S/C29H35N5O5/c1-29(2,3)39-28(37)33-13-11-21(12-14-33)25-23(20-30-34(25)22-8-5-4-6-9-22)26(35)31-15-17-32(18-16-31)27(36)24-10-7-19-38-24/h4-10,19-21H,11-18H2,1-3H3. The first kappa shape index (κ1) is 26.5. The Bertz CT molecular complexity index is 1300. The van der Waals surface area contributed by atoms with Crippen LogP contribution in [0.1, 0.15) is 66.1 Å². The molecule has 2 aliphatic rings. The summed E-state index contributed by atoms with van der Waals surface area (Å²) in [7, 11) is 0. The van der Waals surface area contributed by atoms with Crippen molar-refractivity contribution in [2.45, 2.75) is 45.1 Å². The van der Waals surface area contributed by atoms with Gasteiger partial charge in [0.05, 0.1) is 29.4 Å². The van der Waals surface area contributed by atoms with Crippen LogP contribution >= 0.6 is 0 Å². The molecule has 1 aromatic carbocycles. The fourth-order valence-corrected chi connectivity index (χ4v) is 5.19. The van der Waals surface area contributed by atoms with Crippen molar-refractivity contribution in [2.24, 2.45) is 0 Å². The maximum absolute atomic E-state index is 13.8. The van der Waals surface area contributed by atoms with Crippen molar-refractivity contribution in [1.82, 2.24) is 24.5 Å². The van der Waals surface area contributed by atoms with E-state index < -0.39 is 5.60 Å². The van der Waals surface area contributed by atoms with Gasteiger partial charge in [-0.25, -0.2) is 9.48 Å². The monoisotopic (exact) mass is 533 g/mol. The van der Waals surface area contributed by atoms with Crippen molar-refractivity contribution in [3.05, 3.63) is 71.9 Å². The van der Waals surface area contributed by atoms with Gasteiger partial charge in [-0.15, -0.1) is 0 Å². The average molecular weight is 534 g/mol. The molecule has 2 aromatic heterocycles. The van der Waals surface area contributed by atoms with Crippen molar-refractivity contribution in [1.29, 1.82) is 0 Å². The van der Waals surface area contributed by atoms with E-state index in [4.69, 9.17) is 9.15 Å². The summed E-state index contributed by atoms with van der Waals surface area (Å²) in [6, 6.07) is 13.1. The molecule has 0 unspecified atom stereocenters. The molecule has 0 spiro atoms. The van der Waals surface area contributed by atoms with Crippen LogP contribution in [-0.2, 0) is 4.74 Å². The summed E-state index contributed by atoms with van der Waals surface area (Å²) in [5, 5.41) is 4.64. The Labute approximate surface area is 228 Å². The molecular weight excluding hydrogens is 498 g/mol. The summed E-state index contributed by atoms with van der Waals surface area (Å²) >= 11 is 0. The van der Waals surface area contributed by atoms with Crippen LogP contribution in [0.25, 0.3) is 5.69 Å². The predicted molar refractivity (Wildman–Crippen MR) is 144 cm³/mol. The molecule has 39 heavy (non-hydrogen) atoms. The van der Waals surface area contributed by atoms with Gasteiger partial charge >= 0.3 is 6.09 Å². The van der Waals surface area contributed by atoms with Gasteiger partial charge in [0.25, 0.3) is 11.8 Å². The lowest BCUT2D eigenvalue weighted by Crippen LogP contribution is -2.50. The van der Waals surface area contributed by atoms with E-state index in [0.29, 0.717) is 63.4 Å². The fraction of sp³-hybridized carbons (Fsp3) is 0.448. The Hall–Kier alpha value is -4.08. The summed E-state index contributed by atoms with van der Waals surface area (Å²) in [4.78, 5) is 44.3. The maximum Gasteiger partial charge on any atom is 0.410 e. The van der Waals surface area contributed by atoms with E-state index >= 15 is 0 Å². The number of piperidine rings is 1. The van der Waals surface area contributed by atoms with Gasteiger partial charge in [-0.3, -0.25) is 9.59 Å². The lowest BCUT2D eigenvalue weighted by molar-refractivity contribution is 0.0202. The minimum Gasteiger partial charge on any atom is -0.459 e. The summed E-state index contributed by atoms with van der Waals surface area (Å²) < 4.78 is 12.7.